The summed E-state index contributed by atoms with van der Waals surface area (Å²) in [5.41, 5.74) is 5.17. The maximum absolute atomic E-state index is 12.4. The highest BCUT2D eigenvalue weighted by atomic mass is 32.2. The normalized spacial score (nSPS) is 12.6. The summed E-state index contributed by atoms with van der Waals surface area (Å²) in [6, 6.07) is 5.71. The van der Waals surface area contributed by atoms with Crippen molar-refractivity contribution in [2.45, 2.75) is 10.4 Å². The first-order valence-electron chi connectivity index (χ1n) is 5.19. The molecule has 0 saturated carbocycles. The number of hydrogen-bond acceptors (Lipinski definition) is 4. The molecule has 0 amide bonds. The molecule has 0 radical (unpaired) electrons. The third-order valence-corrected chi connectivity index (χ3v) is 5.17. The van der Waals surface area contributed by atoms with E-state index in [1.165, 1.54) is 18.2 Å². The molecule has 0 aliphatic rings. The lowest BCUT2D eigenvalue weighted by molar-refractivity contribution is -0.137. The molecule has 1 heterocycles. The van der Waals surface area contributed by atoms with Crippen LogP contribution in [-0.4, -0.2) is 8.42 Å². The van der Waals surface area contributed by atoms with Crippen molar-refractivity contribution >= 4 is 27.0 Å². The zero-order chi connectivity index (χ0) is 15.1. The fourth-order valence-electron chi connectivity index (χ4n) is 1.58. The molecule has 0 fully saturated rings. The number of alkyl halides is 3. The van der Waals surface area contributed by atoms with Crippen LogP contribution in [0, 0.1) is 0 Å². The van der Waals surface area contributed by atoms with Crippen molar-refractivity contribution < 1.29 is 21.6 Å². The van der Waals surface area contributed by atoms with Crippen molar-refractivity contribution in [2.75, 3.05) is 5.73 Å². The molecule has 2 aromatic rings. The summed E-state index contributed by atoms with van der Waals surface area (Å²) in [5.74, 6) is 0. The van der Waals surface area contributed by atoms with E-state index in [4.69, 9.17) is 10.9 Å². The van der Waals surface area contributed by atoms with Gasteiger partial charge in [0.1, 0.15) is 0 Å². The number of primary sulfonamides is 1. The first kappa shape index (κ1) is 14.8. The molecule has 4 N–H and O–H groups in total. The van der Waals surface area contributed by atoms with Crippen LogP contribution in [0.2, 0.25) is 0 Å². The van der Waals surface area contributed by atoms with Gasteiger partial charge in [0.05, 0.1) is 11.3 Å². The second kappa shape index (κ2) is 4.76. The summed E-state index contributed by atoms with van der Waals surface area (Å²) >= 11 is 0.814. The summed E-state index contributed by atoms with van der Waals surface area (Å²) in [6.45, 7) is 0. The number of nitrogen functional groups attached to an aromatic ring is 1. The monoisotopic (exact) mass is 322 g/mol. The molecule has 0 aliphatic carbocycles. The zero-order valence-corrected chi connectivity index (χ0v) is 11.4. The van der Waals surface area contributed by atoms with Gasteiger partial charge in [-0.1, -0.05) is 12.1 Å². The average Bonchev–Trinajstić information content (AvgIpc) is 2.70. The third kappa shape index (κ3) is 2.94. The molecule has 0 atom stereocenters. The van der Waals surface area contributed by atoms with Crippen LogP contribution >= 0.6 is 11.3 Å². The number of thiophene rings is 1. The largest absolute Gasteiger partial charge is 0.416 e. The number of anilines is 1. The van der Waals surface area contributed by atoms with Gasteiger partial charge in [-0.2, -0.15) is 13.2 Å². The van der Waals surface area contributed by atoms with Crippen LogP contribution in [0.5, 0.6) is 0 Å². The number of nitrogens with two attached hydrogens (primary N) is 2. The second-order valence-corrected chi connectivity index (χ2v) is 6.78. The van der Waals surface area contributed by atoms with Crippen molar-refractivity contribution in [3.63, 3.8) is 0 Å². The van der Waals surface area contributed by atoms with Crippen LogP contribution in [0.25, 0.3) is 10.4 Å². The van der Waals surface area contributed by atoms with E-state index < -0.39 is 21.8 Å². The number of sulfonamides is 1. The number of halogens is 3. The van der Waals surface area contributed by atoms with E-state index in [0.29, 0.717) is 10.4 Å². The van der Waals surface area contributed by atoms with Gasteiger partial charge in [0.2, 0.25) is 10.0 Å². The molecule has 0 bridgehead atoms. The standard InChI is InChI=1S/C11H9F3N2O2S2/c12-11(13,14)7-3-1-6(2-4-7)9-5-8(15)10(19-9)20(16,17)18/h1-5H,15H2,(H2,16,17,18). The van der Waals surface area contributed by atoms with Crippen molar-refractivity contribution in [2.24, 2.45) is 5.14 Å². The van der Waals surface area contributed by atoms with E-state index in [-0.39, 0.29) is 9.90 Å². The smallest absolute Gasteiger partial charge is 0.397 e. The van der Waals surface area contributed by atoms with Crippen molar-refractivity contribution in [1.29, 1.82) is 0 Å². The van der Waals surface area contributed by atoms with E-state index in [0.717, 1.165) is 23.5 Å². The highest BCUT2D eigenvalue weighted by Gasteiger charge is 2.30. The van der Waals surface area contributed by atoms with E-state index >= 15 is 0 Å². The van der Waals surface area contributed by atoms with Gasteiger partial charge in [-0.05, 0) is 23.8 Å². The molecule has 20 heavy (non-hydrogen) atoms. The molecule has 2 rings (SSSR count). The number of benzene rings is 1. The average molecular weight is 322 g/mol. The molecule has 108 valence electrons. The first-order valence-corrected chi connectivity index (χ1v) is 7.55. The van der Waals surface area contributed by atoms with Crippen molar-refractivity contribution in [1.82, 2.24) is 0 Å². The van der Waals surface area contributed by atoms with Crippen LogP contribution in [0.4, 0.5) is 18.9 Å². The minimum atomic E-state index is -4.42. The van der Waals surface area contributed by atoms with Gasteiger partial charge in [0, 0.05) is 4.88 Å². The Morgan fingerprint density at radius 2 is 1.65 bits per heavy atom. The van der Waals surface area contributed by atoms with Gasteiger partial charge in [-0.3, -0.25) is 0 Å². The molecule has 1 aromatic heterocycles. The molecule has 0 spiro atoms. The lowest BCUT2D eigenvalue weighted by Gasteiger charge is -2.06. The summed E-state index contributed by atoms with van der Waals surface area (Å²) in [7, 11) is -3.94. The Kier molecular flexibility index (Phi) is 3.53. The van der Waals surface area contributed by atoms with Gasteiger partial charge in [0.15, 0.2) is 4.21 Å². The SMILES string of the molecule is Nc1cc(-c2ccc(C(F)(F)F)cc2)sc1S(N)(=O)=O. The number of hydrogen-bond donors (Lipinski definition) is 2. The lowest BCUT2D eigenvalue weighted by atomic mass is 10.1. The summed E-state index contributed by atoms with van der Waals surface area (Å²) < 4.78 is 59.6. The quantitative estimate of drug-likeness (QED) is 0.891. The summed E-state index contributed by atoms with van der Waals surface area (Å²) in [4.78, 5) is 0.431. The minimum absolute atomic E-state index is 0.0209. The predicted molar refractivity (Wildman–Crippen MR) is 70.5 cm³/mol. The van der Waals surface area contributed by atoms with Crippen LogP contribution in [-0.2, 0) is 16.2 Å². The molecule has 9 heteroatoms. The zero-order valence-electron chi connectivity index (χ0n) is 9.81. The Bertz CT molecular complexity index is 734. The molecule has 4 nitrogen and oxygen atoms in total. The van der Waals surface area contributed by atoms with E-state index in [1.807, 2.05) is 0 Å². The topological polar surface area (TPSA) is 86.2 Å². The molecule has 0 aliphatic heterocycles. The Morgan fingerprint density at radius 3 is 2.05 bits per heavy atom. The minimum Gasteiger partial charge on any atom is -0.397 e. The highest BCUT2D eigenvalue weighted by Crippen LogP contribution is 2.37. The fourth-order valence-corrected chi connectivity index (χ4v) is 3.51. The Morgan fingerprint density at radius 1 is 1.10 bits per heavy atom. The fraction of sp³-hybridized carbons (Fsp3) is 0.0909. The second-order valence-electron chi connectivity index (χ2n) is 3.97. The molecular formula is C11H9F3N2O2S2. The van der Waals surface area contributed by atoms with Crippen LogP contribution in [0.15, 0.2) is 34.5 Å². The van der Waals surface area contributed by atoms with Gasteiger partial charge in [0.25, 0.3) is 0 Å². The van der Waals surface area contributed by atoms with Crippen molar-refractivity contribution in [3.05, 3.63) is 35.9 Å². The molecular weight excluding hydrogens is 313 g/mol. The molecule has 0 saturated heterocycles. The lowest BCUT2D eigenvalue weighted by Crippen LogP contribution is -2.11. The van der Waals surface area contributed by atoms with E-state index in [1.54, 1.807) is 0 Å². The Hall–Kier alpha value is -1.58. The maximum atomic E-state index is 12.4. The van der Waals surface area contributed by atoms with Crippen LogP contribution in [0.3, 0.4) is 0 Å². The maximum Gasteiger partial charge on any atom is 0.416 e. The highest BCUT2D eigenvalue weighted by molar-refractivity contribution is 7.91. The third-order valence-electron chi connectivity index (χ3n) is 2.48. The summed E-state index contributed by atoms with van der Waals surface area (Å²) in [6.07, 6.45) is -4.42. The van der Waals surface area contributed by atoms with Crippen LogP contribution < -0.4 is 10.9 Å². The molecule has 1 aromatic carbocycles. The Labute approximate surface area is 116 Å². The van der Waals surface area contributed by atoms with Gasteiger partial charge in [-0.25, -0.2) is 13.6 Å². The first-order chi connectivity index (χ1) is 9.09. The predicted octanol–water partition coefficient (Wildman–Crippen LogP) is 2.66. The Balaban J connectivity index is 2.43. The number of rotatable bonds is 2. The molecule has 0 unspecified atom stereocenters. The van der Waals surface area contributed by atoms with Crippen molar-refractivity contribution in [3.8, 4) is 10.4 Å². The van der Waals surface area contributed by atoms with Crippen LogP contribution in [0.1, 0.15) is 5.56 Å². The summed E-state index contributed by atoms with van der Waals surface area (Å²) in [5, 5.41) is 4.98. The van der Waals surface area contributed by atoms with E-state index in [2.05, 4.69) is 0 Å². The van der Waals surface area contributed by atoms with E-state index in [9.17, 15) is 21.6 Å². The van der Waals surface area contributed by atoms with Gasteiger partial charge >= 0.3 is 6.18 Å². The van der Waals surface area contributed by atoms with Gasteiger partial charge in [-0.15, -0.1) is 11.3 Å². The van der Waals surface area contributed by atoms with Gasteiger partial charge < -0.3 is 5.73 Å².